The molecule has 0 amide bonds. The van der Waals surface area contributed by atoms with Crippen molar-refractivity contribution in [2.45, 2.75) is 45.1 Å². The van der Waals surface area contributed by atoms with Gasteiger partial charge in [0.15, 0.2) is 0 Å². The van der Waals surface area contributed by atoms with Crippen molar-refractivity contribution in [2.24, 2.45) is 5.92 Å². The second kappa shape index (κ2) is 6.59. The minimum atomic E-state index is -0.314. The number of benzene rings is 1. The van der Waals surface area contributed by atoms with Crippen molar-refractivity contribution in [1.82, 2.24) is 0 Å². The summed E-state index contributed by atoms with van der Waals surface area (Å²) in [5, 5.41) is 17.5. The van der Waals surface area contributed by atoms with E-state index in [1.807, 2.05) is 6.07 Å². The van der Waals surface area contributed by atoms with E-state index in [0.29, 0.717) is 17.4 Å². The Labute approximate surface area is 119 Å². The van der Waals surface area contributed by atoms with Crippen LogP contribution in [-0.2, 0) is 0 Å². The molecule has 0 atom stereocenters. The van der Waals surface area contributed by atoms with Gasteiger partial charge in [0.05, 0.1) is 4.92 Å². The van der Waals surface area contributed by atoms with Gasteiger partial charge < -0.3 is 10.6 Å². The zero-order valence-electron chi connectivity index (χ0n) is 12.2. The lowest BCUT2D eigenvalue weighted by Gasteiger charge is -2.29. The number of hydrogen-bond acceptors (Lipinski definition) is 4. The highest BCUT2D eigenvalue weighted by Crippen LogP contribution is 2.35. The number of hydrogen-bond donors (Lipinski definition) is 2. The molecule has 110 valence electrons. The van der Waals surface area contributed by atoms with Crippen molar-refractivity contribution in [3.8, 4) is 0 Å². The van der Waals surface area contributed by atoms with Gasteiger partial charge in [-0.1, -0.05) is 19.4 Å². The molecule has 0 spiro atoms. The molecule has 0 heterocycles. The molecule has 2 N–H and O–H groups in total. The Kier molecular flexibility index (Phi) is 4.82. The molecule has 1 aromatic rings. The number of para-hydroxylation sites is 1. The van der Waals surface area contributed by atoms with Gasteiger partial charge in [0.25, 0.3) is 0 Å². The number of nitro benzene ring substituents is 1. The van der Waals surface area contributed by atoms with Gasteiger partial charge >= 0.3 is 5.69 Å². The van der Waals surface area contributed by atoms with Crippen LogP contribution in [0.3, 0.4) is 0 Å². The lowest BCUT2D eigenvalue weighted by atomic mass is 9.84. The van der Waals surface area contributed by atoms with E-state index >= 15 is 0 Å². The van der Waals surface area contributed by atoms with Crippen molar-refractivity contribution in [2.75, 3.05) is 17.7 Å². The Morgan fingerprint density at radius 3 is 2.45 bits per heavy atom. The fourth-order valence-electron chi connectivity index (χ4n) is 2.99. The van der Waals surface area contributed by atoms with Crippen LogP contribution in [-0.4, -0.2) is 18.0 Å². The standard InChI is InChI=1S/C15H23N3O2/c1-3-11-7-9-12(10-8-11)17-14-6-4-5-13(16-2)15(14)18(19)20/h4-6,11-12,16-17H,3,7-10H2,1-2H3. The van der Waals surface area contributed by atoms with Crippen molar-refractivity contribution in [1.29, 1.82) is 0 Å². The van der Waals surface area contributed by atoms with Gasteiger partial charge in [-0.25, -0.2) is 0 Å². The third kappa shape index (κ3) is 3.21. The van der Waals surface area contributed by atoms with E-state index in [9.17, 15) is 10.1 Å². The molecule has 1 aromatic carbocycles. The topological polar surface area (TPSA) is 67.2 Å². The van der Waals surface area contributed by atoms with Crippen molar-refractivity contribution in [3.63, 3.8) is 0 Å². The van der Waals surface area contributed by atoms with E-state index in [1.54, 1.807) is 19.2 Å². The number of nitro groups is 1. The first-order valence-corrected chi connectivity index (χ1v) is 7.37. The Bertz CT molecular complexity index is 468. The summed E-state index contributed by atoms with van der Waals surface area (Å²) in [4.78, 5) is 11.0. The second-order valence-corrected chi connectivity index (χ2v) is 5.48. The van der Waals surface area contributed by atoms with Crippen LogP contribution < -0.4 is 10.6 Å². The van der Waals surface area contributed by atoms with E-state index in [2.05, 4.69) is 17.6 Å². The maximum absolute atomic E-state index is 11.3. The summed E-state index contributed by atoms with van der Waals surface area (Å²) in [6, 6.07) is 5.73. The Hall–Kier alpha value is -1.78. The molecule has 1 saturated carbocycles. The first kappa shape index (κ1) is 14.6. The molecule has 1 aliphatic carbocycles. The quantitative estimate of drug-likeness (QED) is 0.630. The summed E-state index contributed by atoms with van der Waals surface area (Å²) < 4.78 is 0. The van der Waals surface area contributed by atoms with Gasteiger partial charge in [-0.2, -0.15) is 0 Å². The lowest BCUT2D eigenvalue weighted by Crippen LogP contribution is -2.26. The van der Waals surface area contributed by atoms with Gasteiger partial charge in [0.2, 0.25) is 0 Å². The van der Waals surface area contributed by atoms with Gasteiger partial charge in [0, 0.05) is 13.1 Å². The maximum atomic E-state index is 11.3. The molecule has 0 bridgehead atoms. The second-order valence-electron chi connectivity index (χ2n) is 5.48. The minimum absolute atomic E-state index is 0.146. The fraction of sp³-hybridized carbons (Fsp3) is 0.600. The molecule has 0 radical (unpaired) electrons. The summed E-state index contributed by atoms with van der Waals surface area (Å²) >= 11 is 0. The first-order valence-electron chi connectivity index (χ1n) is 7.37. The molecule has 0 saturated heterocycles. The van der Waals surface area contributed by atoms with Crippen LogP contribution in [0.2, 0.25) is 0 Å². The normalized spacial score (nSPS) is 22.3. The fourth-order valence-corrected chi connectivity index (χ4v) is 2.99. The molecule has 5 nitrogen and oxygen atoms in total. The average molecular weight is 277 g/mol. The largest absolute Gasteiger partial charge is 0.382 e. The van der Waals surface area contributed by atoms with E-state index < -0.39 is 0 Å². The van der Waals surface area contributed by atoms with E-state index in [-0.39, 0.29) is 10.6 Å². The monoisotopic (exact) mass is 277 g/mol. The van der Waals surface area contributed by atoms with E-state index in [4.69, 9.17) is 0 Å². The van der Waals surface area contributed by atoms with Crippen molar-refractivity contribution in [3.05, 3.63) is 28.3 Å². The van der Waals surface area contributed by atoms with Gasteiger partial charge in [-0.3, -0.25) is 10.1 Å². The Balaban J connectivity index is 2.12. The molecular weight excluding hydrogens is 254 g/mol. The van der Waals surface area contributed by atoms with Gasteiger partial charge in [-0.15, -0.1) is 0 Å². The van der Waals surface area contributed by atoms with E-state index in [0.717, 1.165) is 18.8 Å². The number of rotatable bonds is 5. The molecule has 0 unspecified atom stereocenters. The molecule has 0 aliphatic heterocycles. The molecule has 1 aliphatic rings. The van der Waals surface area contributed by atoms with E-state index in [1.165, 1.54) is 19.3 Å². The molecular formula is C15H23N3O2. The van der Waals surface area contributed by atoms with Crippen LogP contribution in [0.4, 0.5) is 17.1 Å². The number of nitrogens with zero attached hydrogens (tertiary/aromatic N) is 1. The SMILES string of the molecule is CCC1CCC(Nc2cccc(NC)c2[N+](=O)[O-])CC1. The molecule has 2 rings (SSSR count). The molecule has 1 fully saturated rings. The van der Waals surface area contributed by atoms with Crippen LogP contribution in [0.1, 0.15) is 39.0 Å². The molecule has 20 heavy (non-hydrogen) atoms. The maximum Gasteiger partial charge on any atom is 0.315 e. The first-order chi connectivity index (χ1) is 9.65. The van der Waals surface area contributed by atoms with Gasteiger partial charge in [0.1, 0.15) is 11.4 Å². The third-order valence-corrected chi connectivity index (χ3v) is 4.27. The Morgan fingerprint density at radius 2 is 1.90 bits per heavy atom. The van der Waals surface area contributed by atoms with Crippen molar-refractivity contribution >= 4 is 17.1 Å². The summed E-state index contributed by atoms with van der Waals surface area (Å²) in [5.41, 5.74) is 1.33. The summed E-state index contributed by atoms with van der Waals surface area (Å²) in [5.74, 6) is 0.826. The van der Waals surface area contributed by atoms with Crippen LogP contribution in [0.5, 0.6) is 0 Å². The van der Waals surface area contributed by atoms with Gasteiger partial charge in [-0.05, 0) is 43.7 Å². The van der Waals surface area contributed by atoms with Crippen LogP contribution in [0.15, 0.2) is 18.2 Å². The highest BCUT2D eigenvalue weighted by Gasteiger charge is 2.24. The van der Waals surface area contributed by atoms with Crippen LogP contribution in [0.25, 0.3) is 0 Å². The Morgan fingerprint density at radius 1 is 1.25 bits per heavy atom. The average Bonchev–Trinajstić information content (AvgIpc) is 2.47. The zero-order chi connectivity index (χ0) is 14.5. The molecule has 5 heteroatoms. The highest BCUT2D eigenvalue weighted by atomic mass is 16.6. The van der Waals surface area contributed by atoms with Crippen molar-refractivity contribution < 1.29 is 4.92 Å². The summed E-state index contributed by atoms with van der Waals surface area (Å²) in [6.45, 7) is 2.24. The highest BCUT2D eigenvalue weighted by molar-refractivity contribution is 5.76. The van der Waals surface area contributed by atoms with Crippen LogP contribution in [0, 0.1) is 16.0 Å². The lowest BCUT2D eigenvalue weighted by molar-refractivity contribution is -0.383. The smallest absolute Gasteiger partial charge is 0.315 e. The number of anilines is 2. The summed E-state index contributed by atoms with van der Waals surface area (Å²) in [7, 11) is 1.71. The zero-order valence-corrected chi connectivity index (χ0v) is 12.2. The molecule has 0 aromatic heterocycles. The predicted octanol–water partition coefficient (Wildman–Crippen LogP) is 4.02. The summed E-state index contributed by atoms with van der Waals surface area (Å²) in [6.07, 6.45) is 5.86. The third-order valence-electron chi connectivity index (χ3n) is 4.27. The van der Waals surface area contributed by atoms with Crippen LogP contribution >= 0.6 is 0 Å². The minimum Gasteiger partial charge on any atom is -0.382 e. The predicted molar refractivity (Wildman–Crippen MR) is 82.3 cm³/mol. The number of nitrogens with one attached hydrogen (secondary N) is 2.